The van der Waals surface area contributed by atoms with Crippen LogP contribution in [0.15, 0.2) is 35.8 Å². The third-order valence-corrected chi connectivity index (χ3v) is 9.25. The van der Waals surface area contributed by atoms with Gasteiger partial charge in [-0.3, -0.25) is 9.48 Å². The van der Waals surface area contributed by atoms with Crippen molar-refractivity contribution in [3.8, 4) is 11.1 Å². The SMILES string of the molecule is CNc1cc(C(F)F)c(-c2cnn(C)c2)cc1CCCC1=C(NC2CCS(=O)(=O)CC2)CCN(C(C)=O)C1. The smallest absolute Gasteiger partial charge is 0.264 e. The zero-order chi connectivity index (χ0) is 27.4. The summed E-state index contributed by atoms with van der Waals surface area (Å²) >= 11 is 0. The molecular formula is C27H37F2N5O3S. The fourth-order valence-electron chi connectivity index (χ4n) is 5.37. The molecule has 1 aromatic heterocycles. The molecule has 1 saturated heterocycles. The molecule has 0 radical (unpaired) electrons. The molecule has 8 nitrogen and oxygen atoms in total. The van der Waals surface area contributed by atoms with E-state index >= 15 is 0 Å². The maximum Gasteiger partial charge on any atom is 0.264 e. The van der Waals surface area contributed by atoms with Crippen LogP contribution in [0.2, 0.25) is 0 Å². The van der Waals surface area contributed by atoms with Crippen molar-refractivity contribution in [1.29, 1.82) is 0 Å². The molecule has 0 aliphatic carbocycles. The zero-order valence-electron chi connectivity index (χ0n) is 22.3. The molecule has 2 aliphatic rings. The van der Waals surface area contributed by atoms with Crippen LogP contribution in [0.25, 0.3) is 11.1 Å². The van der Waals surface area contributed by atoms with Crippen LogP contribution < -0.4 is 10.6 Å². The number of hydrogen-bond acceptors (Lipinski definition) is 6. The quantitative estimate of drug-likeness (QED) is 0.490. The molecule has 0 spiro atoms. The molecule has 2 N–H and O–H groups in total. The summed E-state index contributed by atoms with van der Waals surface area (Å²) in [4.78, 5) is 13.9. The van der Waals surface area contributed by atoms with E-state index in [-0.39, 0.29) is 29.0 Å². The van der Waals surface area contributed by atoms with Crippen LogP contribution in [0.4, 0.5) is 14.5 Å². The molecule has 0 atom stereocenters. The van der Waals surface area contributed by atoms with Crippen molar-refractivity contribution in [1.82, 2.24) is 20.0 Å². The van der Waals surface area contributed by atoms with Gasteiger partial charge in [0.2, 0.25) is 5.91 Å². The van der Waals surface area contributed by atoms with Gasteiger partial charge in [0, 0.05) is 75.3 Å². The van der Waals surface area contributed by atoms with E-state index in [9.17, 15) is 22.0 Å². The predicted molar refractivity (Wildman–Crippen MR) is 145 cm³/mol. The molecule has 3 heterocycles. The van der Waals surface area contributed by atoms with Crippen LogP contribution in [0, 0.1) is 0 Å². The second kappa shape index (κ2) is 11.8. The first-order valence-electron chi connectivity index (χ1n) is 13.1. The number of carbonyl (C=O) groups excluding carboxylic acids is 1. The lowest BCUT2D eigenvalue weighted by Crippen LogP contribution is -2.42. The lowest BCUT2D eigenvalue weighted by Gasteiger charge is -2.34. The minimum atomic E-state index is -2.94. The van der Waals surface area contributed by atoms with Gasteiger partial charge in [-0.1, -0.05) is 0 Å². The first kappa shape index (κ1) is 28.1. The lowest BCUT2D eigenvalue weighted by atomic mass is 9.93. The zero-order valence-corrected chi connectivity index (χ0v) is 23.1. The Balaban J connectivity index is 1.53. The number of aryl methyl sites for hydroxylation is 2. The van der Waals surface area contributed by atoms with Gasteiger partial charge in [-0.25, -0.2) is 17.2 Å². The minimum Gasteiger partial charge on any atom is -0.388 e. The van der Waals surface area contributed by atoms with Gasteiger partial charge in [0.25, 0.3) is 6.43 Å². The van der Waals surface area contributed by atoms with Gasteiger partial charge in [0.1, 0.15) is 9.84 Å². The highest BCUT2D eigenvalue weighted by atomic mass is 32.2. The Morgan fingerprint density at radius 3 is 2.55 bits per heavy atom. The Kier molecular flexibility index (Phi) is 8.74. The lowest BCUT2D eigenvalue weighted by molar-refractivity contribution is -0.128. The summed E-state index contributed by atoms with van der Waals surface area (Å²) in [6.07, 6.45) is 4.83. The molecule has 1 fully saturated rings. The Morgan fingerprint density at radius 1 is 1.21 bits per heavy atom. The first-order chi connectivity index (χ1) is 18.1. The fourth-order valence-corrected chi connectivity index (χ4v) is 6.86. The number of rotatable bonds is 9. The summed E-state index contributed by atoms with van der Waals surface area (Å²) in [6.45, 7) is 2.76. The second-order valence-corrected chi connectivity index (χ2v) is 12.6. The summed E-state index contributed by atoms with van der Waals surface area (Å²) in [5, 5.41) is 10.8. The number of amides is 1. The standard InChI is InChI=1S/C27H37F2N5O3S/c1-18(35)34-10-7-25(32-22-8-11-38(36,37)12-9-22)20(17-34)6-4-5-19-13-23(21-15-31-33(3)16-21)24(27(28)29)14-26(19)30-2/h13-16,22,27,30,32H,4-12,17H2,1-3H3. The van der Waals surface area contributed by atoms with Crippen LogP contribution >= 0.6 is 0 Å². The van der Waals surface area contributed by atoms with E-state index in [2.05, 4.69) is 15.7 Å². The maximum atomic E-state index is 13.9. The number of alkyl halides is 2. The van der Waals surface area contributed by atoms with Gasteiger partial charge in [0.15, 0.2) is 0 Å². The molecule has 208 valence electrons. The van der Waals surface area contributed by atoms with Crippen molar-refractivity contribution < 1.29 is 22.0 Å². The number of aromatic nitrogens is 2. The Bertz CT molecular complexity index is 1290. The Hall–Kier alpha value is -2.95. The number of benzene rings is 1. The number of hydrogen-bond donors (Lipinski definition) is 2. The van der Waals surface area contributed by atoms with Crippen molar-refractivity contribution in [2.24, 2.45) is 7.05 Å². The first-order valence-corrected chi connectivity index (χ1v) is 14.9. The highest BCUT2D eigenvalue weighted by Gasteiger charge is 2.27. The molecule has 0 saturated carbocycles. The van der Waals surface area contributed by atoms with Crippen LogP contribution in [-0.4, -0.2) is 66.7 Å². The summed E-state index contributed by atoms with van der Waals surface area (Å²) in [5.41, 5.74) is 5.00. The van der Waals surface area contributed by atoms with Crippen LogP contribution in [0.3, 0.4) is 0 Å². The van der Waals surface area contributed by atoms with E-state index in [0.29, 0.717) is 55.6 Å². The monoisotopic (exact) mass is 549 g/mol. The molecule has 0 bridgehead atoms. The second-order valence-electron chi connectivity index (χ2n) is 10.2. The van der Waals surface area contributed by atoms with Crippen LogP contribution in [0.1, 0.15) is 56.6 Å². The molecule has 0 unspecified atom stereocenters. The Morgan fingerprint density at radius 2 is 1.95 bits per heavy atom. The van der Waals surface area contributed by atoms with Gasteiger partial charge in [0.05, 0.1) is 17.7 Å². The van der Waals surface area contributed by atoms with Crippen molar-refractivity contribution in [2.45, 2.75) is 57.9 Å². The predicted octanol–water partition coefficient (Wildman–Crippen LogP) is 4.06. The summed E-state index contributed by atoms with van der Waals surface area (Å²) < 4.78 is 53.1. The van der Waals surface area contributed by atoms with E-state index in [0.717, 1.165) is 29.7 Å². The number of halogens is 2. The van der Waals surface area contributed by atoms with Gasteiger partial charge >= 0.3 is 0 Å². The highest BCUT2D eigenvalue weighted by molar-refractivity contribution is 7.91. The summed E-state index contributed by atoms with van der Waals surface area (Å²) in [6, 6.07) is 3.49. The van der Waals surface area contributed by atoms with E-state index in [1.54, 1.807) is 38.1 Å². The molecule has 1 amide bonds. The van der Waals surface area contributed by atoms with E-state index in [1.165, 1.54) is 6.07 Å². The van der Waals surface area contributed by atoms with E-state index in [4.69, 9.17) is 0 Å². The van der Waals surface area contributed by atoms with Crippen molar-refractivity contribution >= 4 is 21.4 Å². The third-order valence-electron chi connectivity index (χ3n) is 7.54. The van der Waals surface area contributed by atoms with Gasteiger partial charge in [-0.2, -0.15) is 5.10 Å². The number of anilines is 1. The summed E-state index contributed by atoms with van der Waals surface area (Å²) in [5.74, 6) is 0.438. The molecule has 11 heteroatoms. The van der Waals surface area contributed by atoms with Crippen molar-refractivity contribution in [2.75, 3.05) is 37.0 Å². The largest absolute Gasteiger partial charge is 0.388 e. The molecular weight excluding hydrogens is 512 g/mol. The van der Waals surface area contributed by atoms with Crippen LogP contribution in [-0.2, 0) is 28.1 Å². The number of sulfone groups is 1. The van der Waals surface area contributed by atoms with E-state index < -0.39 is 16.3 Å². The number of nitrogens with one attached hydrogen (secondary N) is 2. The maximum absolute atomic E-state index is 13.9. The topological polar surface area (TPSA) is 96.3 Å². The van der Waals surface area contributed by atoms with Gasteiger partial charge < -0.3 is 15.5 Å². The summed E-state index contributed by atoms with van der Waals surface area (Å²) in [7, 11) is 0.554. The van der Waals surface area contributed by atoms with Crippen LogP contribution in [0.5, 0.6) is 0 Å². The average molecular weight is 550 g/mol. The Labute approximate surface area is 223 Å². The normalized spacial score (nSPS) is 18.2. The highest BCUT2D eigenvalue weighted by Crippen LogP contribution is 2.36. The number of nitrogens with zero attached hydrogens (tertiary/aromatic N) is 3. The molecule has 4 rings (SSSR count). The molecule has 38 heavy (non-hydrogen) atoms. The fraction of sp³-hybridized carbons (Fsp3) is 0.556. The number of carbonyl (C=O) groups is 1. The van der Waals surface area contributed by atoms with Gasteiger partial charge in [-0.05, 0) is 60.9 Å². The molecule has 2 aliphatic heterocycles. The third kappa shape index (κ3) is 6.73. The molecule has 1 aromatic carbocycles. The van der Waals surface area contributed by atoms with Gasteiger partial charge in [-0.15, -0.1) is 0 Å². The van der Waals surface area contributed by atoms with Crippen molar-refractivity contribution in [3.63, 3.8) is 0 Å². The van der Waals surface area contributed by atoms with Crippen molar-refractivity contribution in [3.05, 3.63) is 46.9 Å². The molecule has 2 aromatic rings. The van der Waals surface area contributed by atoms with E-state index in [1.807, 2.05) is 11.0 Å². The minimum absolute atomic E-state index is 0.0285. The average Bonchev–Trinajstić information content (AvgIpc) is 3.31.